The molecule has 2 rings (SSSR count). The number of nitrogens with one attached hydrogen (secondary N) is 1. The smallest absolute Gasteiger partial charge is 0.318 e. The molecule has 23 heavy (non-hydrogen) atoms. The van der Waals surface area contributed by atoms with Crippen LogP contribution in [-0.4, -0.2) is 23.5 Å². The zero-order valence-electron chi connectivity index (χ0n) is 11.9. The highest BCUT2D eigenvalue weighted by atomic mass is 35.5. The van der Waals surface area contributed by atoms with Crippen LogP contribution in [0.4, 0.5) is 4.79 Å². The maximum atomic E-state index is 11.4. The summed E-state index contributed by atoms with van der Waals surface area (Å²) in [7, 11) is 0. The first-order valence-electron chi connectivity index (χ1n) is 6.56. The lowest BCUT2D eigenvalue weighted by molar-refractivity contribution is -0.121. The summed E-state index contributed by atoms with van der Waals surface area (Å²) in [5.74, 6) is -0.392. The third-order valence-corrected chi connectivity index (χ3v) is 3.62. The maximum Gasteiger partial charge on any atom is 0.318 e. The number of hydrogen-bond acceptors (Lipinski definition) is 4. The average Bonchev–Trinajstić information content (AvgIpc) is 2.51. The summed E-state index contributed by atoms with van der Waals surface area (Å²) in [4.78, 5) is 26.2. The molecule has 0 aliphatic rings. The lowest BCUT2D eigenvalue weighted by Gasteiger charge is -2.12. The second-order valence-corrected chi connectivity index (χ2v) is 5.32. The van der Waals surface area contributed by atoms with E-state index in [0.717, 1.165) is 5.69 Å². The van der Waals surface area contributed by atoms with Crippen LogP contribution < -0.4 is 15.8 Å². The Kier molecular flexibility index (Phi) is 5.78. The fraction of sp³-hybridized carbons (Fsp3) is 0.133. The lowest BCUT2D eigenvalue weighted by Crippen LogP contribution is -2.38. The summed E-state index contributed by atoms with van der Waals surface area (Å²) in [5.41, 5.74) is 6.28. The molecule has 1 aromatic carbocycles. The van der Waals surface area contributed by atoms with E-state index in [1.165, 1.54) is 0 Å². The van der Waals surface area contributed by atoms with Crippen LogP contribution in [0.25, 0.3) is 0 Å². The molecule has 1 aromatic heterocycles. The van der Waals surface area contributed by atoms with Crippen LogP contribution in [0.3, 0.4) is 0 Å². The van der Waals surface area contributed by atoms with E-state index < -0.39 is 18.5 Å². The van der Waals surface area contributed by atoms with Crippen molar-refractivity contribution in [2.75, 3.05) is 6.61 Å². The minimum Gasteiger partial charge on any atom is -0.482 e. The van der Waals surface area contributed by atoms with Crippen LogP contribution >= 0.6 is 23.2 Å². The SMILES string of the molecule is NC(=O)NC(=O)COc1ccc(Cl)c(Cc2ccccn2)c1Cl. The molecule has 2 aromatic rings. The van der Waals surface area contributed by atoms with E-state index in [-0.39, 0.29) is 10.8 Å². The summed E-state index contributed by atoms with van der Waals surface area (Å²) >= 11 is 12.5. The van der Waals surface area contributed by atoms with Crippen molar-refractivity contribution in [3.8, 4) is 5.75 Å². The molecule has 3 N–H and O–H groups in total. The molecule has 0 aliphatic carbocycles. The summed E-state index contributed by atoms with van der Waals surface area (Å²) in [6.07, 6.45) is 2.09. The summed E-state index contributed by atoms with van der Waals surface area (Å²) in [6, 6.07) is 7.73. The number of hydrogen-bond donors (Lipinski definition) is 2. The summed E-state index contributed by atoms with van der Waals surface area (Å²) in [6.45, 7) is -0.396. The number of primary amides is 1. The van der Waals surface area contributed by atoms with Crippen LogP contribution in [0.5, 0.6) is 5.75 Å². The van der Waals surface area contributed by atoms with Crippen molar-refractivity contribution in [2.45, 2.75) is 6.42 Å². The van der Waals surface area contributed by atoms with Gasteiger partial charge in [-0.1, -0.05) is 29.3 Å². The van der Waals surface area contributed by atoms with E-state index in [9.17, 15) is 9.59 Å². The highest BCUT2D eigenvalue weighted by molar-refractivity contribution is 6.37. The van der Waals surface area contributed by atoms with Gasteiger partial charge >= 0.3 is 6.03 Å². The van der Waals surface area contributed by atoms with Crippen LogP contribution in [0, 0.1) is 0 Å². The molecular formula is C15H13Cl2N3O3. The number of urea groups is 1. The van der Waals surface area contributed by atoms with E-state index in [1.54, 1.807) is 18.3 Å². The number of amides is 3. The van der Waals surface area contributed by atoms with E-state index in [4.69, 9.17) is 33.7 Å². The minimum atomic E-state index is -0.948. The molecule has 8 heteroatoms. The van der Waals surface area contributed by atoms with E-state index in [1.807, 2.05) is 23.5 Å². The van der Waals surface area contributed by atoms with Gasteiger partial charge in [-0.15, -0.1) is 0 Å². The fourth-order valence-electron chi connectivity index (χ4n) is 1.85. The monoisotopic (exact) mass is 353 g/mol. The number of halogens is 2. The molecule has 0 fully saturated rings. The number of carbonyl (C=O) groups is 2. The summed E-state index contributed by atoms with van der Waals surface area (Å²) in [5, 5.41) is 2.65. The lowest BCUT2D eigenvalue weighted by atomic mass is 10.1. The molecule has 0 atom stereocenters. The van der Waals surface area contributed by atoms with Crippen LogP contribution in [-0.2, 0) is 11.2 Å². The molecule has 0 aliphatic heterocycles. The molecule has 0 radical (unpaired) electrons. The van der Waals surface area contributed by atoms with Crippen LogP contribution in [0.1, 0.15) is 11.3 Å². The average molecular weight is 354 g/mol. The van der Waals surface area contributed by atoms with Crippen LogP contribution in [0.15, 0.2) is 36.5 Å². The van der Waals surface area contributed by atoms with Gasteiger partial charge in [0.15, 0.2) is 6.61 Å². The van der Waals surface area contributed by atoms with Crippen molar-refractivity contribution >= 4 is 35.1 Å². The molecule has 120 valence electrons. The van der Waals surface area contributed by atoms with Gasteiger partial charge in [-0.05, 0) is 29.8 Å². The molecule has 6 nitrogen and oxygen atoms in total. The normalized spacial score (nSPS) is 10.2. The number of pyridine rings is 1. The molecule has 0 bridgehead atoms. The first-order chi connectivity index (χ1) is 11.0. The number of ether oxygens (including phenoxy) is 1. The predicted molar refractivity (Wildman–Crippen MR) is 86.7 cm³/mol. The Balaban J connectivity index is 2.15. The summed E-state index contributed by atoms with van der Waals surface area (Å²) < 4.78 is 5.30. The molecule has 0 spiro atoms. The van der Waals surface area contributed by atoms with E-state index in [2.05, 4.69) is 4.98 Å². The van der Waals surface area contributed by atoms with Gasteiger partial charge in [0, 0.05) is 23.3 Å². The first-order valence-corrected chi connectivity index (χ1v) is 7.32. The zero-order valence-corrected chi connectivity index (χ0v) is 13.4. The zero-order chi connectivity index (χ0) is 16.8. The topological polar surface area (TPSA) is 94.3 Å². The number of rotatable bonds is 5. The van der Waals surface area contributed by atoms with Crippen molar-refractivity contribution < 1.29 is 14.3 Å². The Morgan fingerprint density at radius 3 is 2.65 bits per heavy atom. The Labute approximate surface area is 142 Å². The van der Waals surface area contributed by atoms with Gasteiger partial charge < -0.3 is 10.5 Å². The van der Waals surface area contributed by atoms with Crippen LogP contribution in [0.2, 0.25) is 10.0 Å². The van der Waals surface area contributed by atoms with E-state index in [0.29, 0.717) is 17.0 Å². The Bertz CT molecular complexity index is 723. The molecular weight excluding hydrogens is 341 g/mol. The standard InChI is InChI=1S/C15H13Cl2N3O3/c16-11-4-5-12(23-8-13(21)20-15(18)22)14(17)10(11)7-9-3-1-2-6-19-9/h1-6H,7-8H2,(H3,18,20,21,22). The predicted octanol–water partition coefficient (Wildman–Crippen LogP) is 2.55. The molecule has 0 saturated carbocycles. The highest BCUT2D eigenvalue weighted by Gasteiger charge is 2.14. The van der Waals surface area contributed by atoms with Gasteiger partial charge in [0.05, 0.1) is 5.02 Å². The molecule has 0 unspecified atom stereocenters. The van der Waals surface area contributed by atoms with Crippen molar-refractivity contribution in [1.29, 1.82) is 0 Å². The second-order valence-electron chi connectivity index (χ2n) is 4.54. The number of carbonyl (C=O) groups excluding carboxylic acids is 2. The number of imide groups is 1. The molecule has 3 amide bonds. The number of nitrogens with zero attached hydrogens (tertiary/aromatic N) is 1. The third-order valence-electron chi connectivity index (χ3n) is 2.86. The van der Waals surface area contributed by atoms with Crippen molar-refractivity contribution in [3.05, 3.63) is 57.8 Å². The minimum absolute atomic E-state index is 0.279. The Morgan fingerprint density at radius 1 is 1.22 bits per heavy atom. The number of nitrogens with two attached hydrogens (primary N) is 1. The van der Waals surface area contributed by atoms with Crippen molar-refractivity contribution in [3.63, 3.8) is 0 Å². The van der Waals surface area contributed by atoms with Gasteiger partial charge in [-0.2, -0.15) is 0 Å². The van der Waals surface area contributed by atoms with Crippen molar-refractivity contribution in [1.82, 2.24) is 10.3 Å². The third kappa shape index (κ3) is 4.84. The fourth-order valence-corrected chi connectivity index (χ4v) is 2.41. The van der Waals surface area contributed by atoms with Gasteiger partial charge in [0.25, 0.3) is 5.91 Å². The van der Waals surface area contributed by atoms with Gasteiger partial charge in [-0.25, -0.2) is 4.79 Å². The van der Waals surface area contributed by atoms with Gasteiger partial charge in [0.2, 0.25) is 0 Å². The molecule has 1 heterocycles. The van der Waals surface area contributed by atoms with E-state index >= 15 is 0 Å². The highest BCUT2D eigenvalue weighted by Crippen LogP contribution is 2.34. The maximum absolute atomic E-state index is 11.4. The Hall–Kier alpha value is -2.31. The largest absolute Gasteiger partial charge is 0.482 e. The first kappa shape index (κ1) is 17.1. The quantitative estimate of drug-likeness (QED) is 0.863. The van der Waals surface area contributed by atoms with Crippen molar-refractivity contribution in [2.24, 2.45) is 5.73 Å². The molecule has 0 saturated heterocycles. The van der Waals surface area contributed by atoms with Gasteiger partial charge in [-0.3, -0.25) is 15.1 Å². The number of benzene rings is 1. The second kappa shape index (κ2) is 7.80. The number of aromatic nitrogens is 1. The Morgan fingerprint density at radius 2 is 2.00 bits per heavy atom. The van der Waals surface area contributed by atoms with Gasteiger partial charge in [0.1, 0.15) is 5.75 Å².